The van der Waals surface area contributed by atoms with Crippen LogP contribution in [0.2, 0.25) is 0 Å². The molecule has 0 atom stereocenters. The van der Waals surface area contributed by atoms with Crippen molar-refractivity contribution in [3.63, 3.8) is 0 Å². The molecule has 3 N–H and O–H groups in total. The standard InChI is InChI=1S/C22H22FIN4O3/c23-15-3-1-13(2-4-15)20(29)14-7-9-27(10-8-14)11-12-28-21(30)16-5-6-17(25)18(24)19(16)26-22(28)31/h1-6,14H,7-12,25H2,(H,26,31). The number of aromatic amines is 1. The van der Waals surface area contributed by atoms with Gasteiger partial charge in [0.05, 0.1) is 14.5 Å². The normalized spacial score (nSPS) is 15.4. The first-order valence-corrected chi connectivity index (χ1v) is 11.2. The molecule has 0 bridgehead atoms. The molecule has 162 valence electrons. The van der Waals surface area contributed by atoms with Crippen molar-refractivity contribution in [2.24, 2.45) is 5.92 Å². The molecule has 7 nitrogen and oxygen atoms in total. The van der Waals surface area contributed by atoms with Gasteiger partial charge >= 0.3 is 5.69 Å². The zero-order valence-electron chi connectivity index (χ0n) is 16.7. The summed E-state index contributed by atoms with van der Waals surface area (Å²) in [5.41, 5.74) is 6.59. The smallest absolute Gasteiger partial charge is 0.328 e. The van der Waals surface area contributed by atoms with E-state index < -0.39 is 5.69 Å². The average molecular weight is 536 g/mol. The van der Waals surface area contributed by atoms with Crippen molar-refractivity contribution in [1.29, 1.82) is 0 Å². The second-order valence-electron chi connectivity index (χ2n) is 7.77. The minimum atomic E-state index is -0.456. The summed E-state index contributed by atoms with van der Waals surface area (Å²) in [6.07, 6.45) is 1.38. The van der Waals surface area contributed by atoms with E-state index in [4.69, 9.17) is 5.73 Å². The summed E-state index contributed by atoms with van der Waals surface area (Å²) in [6, 6.07) is 8.95. The van der Waals surface area contributed by atoms with Crippen LogP contribution < -0.4 is 17.0 Å². The number of H-pyrrole nitrogens is 1. The Bertz CT molecular complexity index is 1240. The van der Waals surface area contributed by atoms with E-state index in [1.807, 2.05) is 22.6 Å². The largest absolute Gasteiger partial charge is 0.398 e. The van der Waals surface area contributed by atoms with Gasteiger partial charge in [-0.3, -0.25) is 14.2 Å². The molecule has 0 radical (unpaired) electrons. The Balaban J connectivity index is 1.41. The van der Waals surface area contributed by atoms with Crippen molar-refractivity contribution < 1.29 is 9.18 Å². The van der Waals surface area contributed by atoms with Gasteiger partial charge in [-0.15, -0.1) is 0 Å². The van der Waals surface area contributed by atoms with Gasteiger partial charge in [0, 0.05) is 30.3 Å². The van der Waals surface area contributed by atoms with Gasteiger partial charge in [-0.05, 0) is 84.9 Å². The molecule has 2 aromatic carbocycles. The minimum absolute atomic E-state index is 0.0377. The van der Waals surface area contributed by atoms with Crippen LogP contribution in [0.3, 0.4) is 0 Å². The van der Waals surface area contributed by atoms with Gasteiger partial charge in [0.15, 0.2) is 5.78 Å². The van der Waals surface area contributed by atoms with Gasteiger partial charge in [-0.25, -0.2) is 9.18 Å². The Hall–Kier alpha value is -2.53. The van der Waals surface area contributed by atoms with Crippen molar-refractivity contribution in [1.82, 2.24) is 14.5 Å². The molecule has 0 unspecified atom stereocenters. The lowest BCUT2D eigenvalue weighted by atomic mass is 9.89. The second-order valence-corrected chi connectivity index (χ2v) is 8.84. The molecule has 1 aliphatic heterocycles. The summed E-state index contributed by atoms with van der Waals surface area (Å²) < 4.78 is 14.9. The van der Waals surface area contributed by atoms with Crippen LogP contribution in [0.15, 0.2) is 46.0 Å². The van der Waals surface area contributed by atoms with Crippen molar-refractivity contribution in [2.45, 2.75) is 19.4 Å². The number of rotatable bonds is 5. The molecule has 0 spiro atoms. The maximum Gasteiger partial charge on any atom is 0.328 e. The number of likely N-dealkylation sites (tertiary alicyclic amines) is 1. The first-order valence-electron chi connectivity index (χ1n) is 10.1. The molecule has 1 aromatic heterocycles. The van der Waals surface area contributed by atoms with Crippen molar-refractivity contribution in [3.8, 4) is 0 Å². The number of aromatic nitrogens is 2. The Morgan fingerprint density at radius 1 is 1.10 bits per heavy atom. The van der Waals surface area contributed by atoms with Crippen LogP contribution in [0.5, 0.6) is 0 Å². The second kappa shape index (κ2) is 8.91. The molecule has 9 heteroatoms. The number of ketones is 1. The van der Waals surface area contributed by atoms with Crippen molar-refractivity contribution in [2.75, 3.05) is 25.4 Å². The van der Waals surface area contributed by atoms with Crippen molar-refractivity contribution in [3.05, 3.63) is 72.2 Å². The third-order valence-corrected chi connectivity index (χ3v) is 7.01. The van der Waals surface area contributed by atoms with Gasteiger partial charge < -0.3 is 15.6 Å². The molecule has 0 aliphatic carbocycles. The topological polar surface area (TPSA) is 101 Å². The Morgan fingerprint density at radius 2 is 1.77 bits per heavy atom. The van der Waals surface area contributed by atoms with Crippen LogP contribution in [0.25, 0.3) is 10.9 Å². The Morgan fingerprint density at radius 3 is 2.45 bits per heavy atom. The van der Waals surface area contributed by atoms with Crippen LogP contribution in [-0.4, -0.2) is 39.9 Å². The van der Waals surface area contributed by atoms with Gasteiger partial charge in [-0.2, -0.15) is 0 Å². The minimum Gasteiger partial charge on any atom is -0.398 e. The van der Waals surface area contributed by atoms with Gasteiger partial charge in [-0.1, -0.05) is 0 Å². The van der Waals surface area contributed by atoms with Crippen LogP contribution >= 0.6 is 22.6 Å². The first-order chi connectivity index (χ1) is 14.8. The number of nitrogens with one attached hydrogen (secondary N) is 1. The fourth-order valence-electron chi connectivity index (χ4n) is 4.02. The molecule has 0 amide bonds. The number of fused-ring (bicyclic) bond motifs is 1. The molecule has 1 fully saturated rings. The molecule has 3 aromatic rings. The Kier molecular flexibility index (Phi) is 6.24. The number of hydrogen-bond donors (Lipinski definition) is 2. The predicted octanol–water partition coefficient (Wildman–Crippen LogP) is 2.61. The molecule has 0 saturated carbocycles. The van der Waals surface area contributed by atoms with E-state index in [0.29, 0.717) is 58.2 Å². The summed E-state index contributed by atoms with van der Waals surface area (Å²) in [7, 11) is 0. The fraction of sp³-hybridized carbons (Fsp3) is 0.318. The molecule has 1 saturated heterocycles. The van der Waals surface area contributed by atoms with Crippen LogP contribution in [0, 0.1) is 15.3 Å². The highest BCUT2D eigenvalue weighted by molar-refractivity contribution is 14.1. The molecular weight excluding hydrogens is 514 g/mol. The average Bonchev–Trinajstić information content (AvgIpc) is 2.77. The maximum atomic E-state index is 13.1. The van der Waals surface area contributed by atoms with E-state index in [-0.39, 0.29) is 29.6 Å². The highest BCUT2D eigenvalue weighted by Crippen LogP contribution is 2.23. The van der Waals surface area contributed by atoms with Gasteiger partial charge in [0.2, 0.25) is 0 Å². The number of Topliss-reactive ketones (excluding diaryl/α,β-unsaturated/α-hetero) is 1. The molecular formula is C22H22FIN4O3. The van der Waals surface area contributed by atoms with Crippen molar-refractivity contribution >= 4 is 45.0 Å². The number of piperidine rings is 1. The highest BCUT2D eigenvalue weighted by atomic mass is 127. The van der Waals surface area contributed by atoms with E-state index in [1.54, 1.807) is 12.1 Å². The number of benzene rings is 2. The fourth-order valence-corrected chi connectivity index (χ4v) is 4.62. The molecule has 2 heterocycles. The number of carbonyl (C=O) groups excluding carboxylic acids is 1. The predicted molar refractivity (Wildman–Crippen MR) is 126 cm³/mol. The maximum absolute atomic E-state index is 13.1. The van der Waals surface area contributed by atoms with E-state index >= 15 is 0 Å². The number of anilines is 1. The van der Waals surface area contributed by atoms with E-state index in [9.17, 15) is 18.8 Å². The van der Waals surface area contributed by atoms with Crippen LogP contribution in [0.1, 0.15) is 23.2 Å². The summed E-state index contributed by atoms with van der Waals surface area (Å²) in [5.74, 6) is -0.416. The van der Waals surface area contributed by atoms with E-state index in [0.717, 1.165) is 0 Å². The summed E-state index contributed by atoms with van der Waals surface area (Å²) in [6.45, 7) is 2.21. The summed E-state index contributed by atoms with van der Waals surface area (Å²) >= 11 is 2.02. The van der Waals surface area contributed by atoms with Gasteiger partial charge in [0.25, 0.3) is 5.56 Å². The van der Waals surface area contributed by atoms with E-state index in [1.165, 1.54) is 28.8 Å². The third kappa shape index (κ3) is 4.42. The SMILES string of the molecule is Nc1ccc2c(=O)n(CCN3CCC(C(=O)c4ccc(F)cc4)CC3)c(=O)[nH]c2c1I. The van der Waals surface area contributed by atoms with Crippen LogP contribution in [0.4, 0.5) is 10.1 Å². The monoisotopic (exact) mass is 536 g/mol. The first kappa shape index (κ1) is 21.7. The van der Waals surface area contributed by atoms with E-state index in [2.05, 4.69) is 9.88 Å². The summed E-state index contributed by atoms with van der Waals surface area (Å²) in [4.78, 5) is 42.8. The van der Waals surface area contributed by atoms with Crippen LogP contribution in [-0.2, 0) is 6.54 Å². The number of nitrogen functional groups attached to an aromatic ring is 1. The zero-order valence-corrected chi connectivity index (χ0v) is 18.9. The third-order valence-electron chi connectivity index (χ3n) is 5.85. The quantitative estimate of drug-likeness (QED) is 0.297. The molecule has 31 heavy (non-hydrogen) atoms. The van der Waals surface area contributed by atoms with Gasteiger partial charge in [0.1, 0.15) is 5.82 Å². The molecule has 4 rings (SSSR count). The number of carbonyl (C=O) groups is 1. The highest BCUT2D eigenvalue weighted by Gasteiger charge is 2.26. The lowest BCUT2D eigenvalue weighted by molar-refractivity contribution is 0.0837. The zero-order chi connectivity index (χ0) is 22.1. The lowest BCUT2D eigenvalue weighted by Crippen LogP contribution is -2.42. The number of nitrogens with two attached hydrogens (primary N) is 1. The lowest BCUT2D eigenvalue weighted by Gasteiger charge is -2.31. The number of nitrogens with zero attached hydrogens (tertiary/aromatic N) is 2. The number of halogens is 2. The Labute approximate surface area is 191 Å². The number of hydrogen-bond acceptors (Lipinski definition) is 5. The summed E-state index contributed by atoms with van der Waals surface area (Å²) in [5, 5.41) is 0.432. The molecule has 1 aliphatic rings.